The summed E-state index contributed by atoms with van der Waals surface area (Å²) < 4.78 is 23.7. The number of ketones is 1. The second kappa shape index (κ2) is 5.86. The van der Waals surface area contributed by atoms with Crippen LogP contribution in [0.1, 0.15) is 6.92 Å². The van der Waals surface area contributed by atoms with E-state index in [4.69, 9.17) is 11.6 Å². The molecule has 2 heterocycles. The highest BCUT2D eigenvalue weighted by Crippen LogP contribution is 2.35. The summed E-state index contributed by atoms with van der Waals surface area (Å²) in [5.41, 5.74) is 0.851. The highest BCUT2D eigenvalue weighted by atomic mass is 35.5. The molecule has 0 N–H and O–H groups in total. The number of sulfone groups is 1. The summed E-state index contributed by atoms with van der Waals surface area (Å²) in [5, 5.41) is 1.33. The Morgan fingerprint density at radius 2 is 2.05 bits per heavy atom. The number of nitrogens with zero attached hydrogens (tertiary/aromatic N) is 2. The van der Waals surface area contributed by atoms with Crippen LogP contribution < -0.4 is 4.90 Å². The van der Waals surface area contributed by atoms with Gasteiger partial charge in [-0.1, -0.05) is 23.4 Å². The van der Waals surface area contributed by atoms with Crippen LogP contribution in [0.15, 0.2) is 29.3 Å². The first-order valence-corrected chi connectivity index (χ1v) is 9.99. The van der Waals surface area contributed by atoms with Gasteiger partial charge in [0.25, 0.3) is 0 Å². The number of amidine groups is 1. The van der Waals surface area contributed by atoms with Crippen molar-refractivity contribution in [2.45, 2.75) is 19.0 Å². The highest BCUT2D eigenvalue weighted by Gasteiger charge is 2.47. The van der Waals surface area contributed by atoms with Crippen molar-refractivity contribution in [2.24, 2.45) is 4.99 Å². The Labute approximate surface area is 138 Å². The average molecular weight is 359 g/mol. The van der Waals surface area contributed by atoms with Crippen molar-refractivity contribution < 1.29 is 13.2 Å². The third-order valence-electron chi connectivity index (χ3n) is 3.62. The van der Waals surface area contributed by atoms with Gasteiger partial charge in [-0.2, -0.15) is 0 Å². The minimum absolute atomic E-state index is 0.0634. The van der Waals surface area contributed by atoms with Crippen molar-refractivity contribution in [1.82, 2.24) is 0 Å². The number of carbonyl (C=O) groups excluding carboxylic acids is 1. The van der Waals surface area contributed by atoms with Gasteiger partial charge in [-0.3, -0.25) is 9.79 Å². The normalized spacial score (nSPS) is 25.9. The summed E-state index contributed by atoms with van der Waals surface area (Å²) in [5.74, 6) is 0.558. The van der Waals surface area contributed by atoms with Crippen molar-refractivity contribution in [1.29, 1.82) is 0 Å². The topological polar surface area (TPSA) is 66.8 Å². The molecule has 0 amide bonds. The molecular weight excluding hydrogens is 344 g/mol. The van der Waals surface area contributed by atoms with E-state index in [1.54, 1.807) is 12.1 Å². The molecule has 2 aliphatic rings. The minimum Gasteiger partial charge on any atom is -0.315 e. The number of anilines is 1. The van der Waals surface area contributed by atoms with E-state index >= 15 is 0 Å². The van der Waals surface area contributed by atoms with Crippen LogP contribution in [-0.2, 0) is 14.6 Å². The maximum atomic E-state index is 11.9. The van der Waals surface area contributed by atoms with Crippen LogP contribution in [0.2, 0.25) is 5.02 Å². The lowest BCUT2D eigenvalue weighted by Gasteiger charge is -2.26. The second-order valence-electron chi connectivity index (χ2n) is 5.46. The largest absolute Gasteiger partial charge is 0.315 e. The van der Waals surface area contributed by atoms with E-state index < -0.39 is 9.84 Å². The molecule has 5 nitrogen and oxygen atoms in total. The van der Waals surface area contributed by atoms with Gasteiger partial charge in [0.1, 0.15) is 5.78 Å². The first-order chi connectivity index (χ1) is 10.4. The van der Waals surface area contributed by atoms with Gasteiger partial charge in [0.2, 0.25) is 0 Å². The van der Waals surface area contributed by atoms with E-state index in [0.717, 1.165) is 5.69 Å². The van der Waals surface area contributed by atoms with Crippen molar-refractivity contribution >= 4 is 49.8 Å². The van der Waals surface area contributed by atoms with Gasteiger partial charge in [-0.05, 0) is 31.2 Å². The maximum absolute atomic E-state index is 11.9. The van der Waals surface area contributed by atoms with Gasteiger partial charge < -0.3 is 4.90 Å². The van der Waals surface area contributed by atoms with E-state index in [9.17, 15) is 13.2 Å². The molecule has 2 aliphatic heterocycles. The zero-order valence-electron chi connectivity index (χ0n) is 11.9. The molecule has 1 aromatic carbocycles. The zero-order chi connectivity index (χ0) is 15.9. The molecule has 0 radical (unpaired) electrons. The molecule has 0 saturated carbocycles. The molecule has 22 heavy (non-hydrogen) atoms. The van der Waals surface area contributed by atoms with Gasteiger partial charge in [0.05, 0.1) is 29.3 Å². The first kappa shape index (κ1) is 15.8. The molecule has 0 aliphatic carbocycles. The summed E-state index contributed by atoms with van der Waals surface area (Å²) in [6, 6.07) is 6.77. The molecule has 1 aromatic rings. The number of aliphatic imine (C=N–C) groups is 1. The van der Waals surface area contributed by atoms with E-state index in [1.807, 2.05) is 17.0 Å². The molecule has 2 atom stereocenters. The Hall–Kier alpha value is -1.05. The fourth-order valence-corrected chi connectivity index (χ4v) is 5.60. The van der Waals surface area contributed by atoms with Crippen LogP contribution in [-0.4, -0.2) is 48.7 Å². The number of hydrogen-bond donors (Lipinski definition) is 0. The van der Waals surface area contributed by atoms with E-state index in [1.165, 1.54) is 18.7 Å². The number of hydrogen-bond acceptors (Lipinski definition) is 6. The molecule has 0 aromatic heterocycles. The van der Waals surface area contributed by atoms with Gasteiger partial charge >= 0.3 is 0 Å². The zero-order valence-corrected chi connectivity index (χ0v) is 14.3. The number of rotatable bonds is 3. The van der Waals surface area contributed by atoms with E-state index in [0.29, 0.717) is 15.9 Å². The van der Waals surface area contributed by atoms with Crippen molar-refractivity contribution in [3.05, 3.63) is 29.3 Å². The monoisotopic (exact) mass is 358 g/mol. The lowest BCUT2D eigenvalue weighted by molar-refractivity contribution is -0.114. The Morgan fingerprint density at radius 3 is 2.68 bits per heavy atom. The van der Waals surface area contributed by atoms with Gasteiger partial charge in [0.15, 0.2) is 15.0 Å². The second-order valence-corrected chi connectivity index (χ2v) is 8.99. The number of benzene rings is 1. The lowest BCUT2D eigenvalue weighted by Crippen LogP contribution is -2.39. The smallest absolute Gasteiger partial charge is 0.164 e. The molecule has 118 valence electrons. The maximum Gasteiger partial charge on any atom is 0.164 e. The first-order valence-electron chi connectivity index (χ1n) is 6.81. The Kier molecular flexibility index (Phi) is 4.22. The van der Waals surface area contributed by atoms with Gasteiger partial charge in [-0.15, -0.1) is 0 Å². The molecule has 0 unspecified atom stereocenters. The summed E-state index contributed by atoms with van der Waals surface area (Å²) in [6.07, 6.45) is 0. The predicted octanol–water partition coefficient (Wildman–Crippen LogP) is 2.00. The van der Waals surface area contributed by atoms with Gasteiger partial charge in [0, 0.05) is 10.7 Å². The number of halogens is 1. The number of thioether (sulfide) groups is 1. The fraction of sp³-hybridized carbons (Fsp3) is 0.429. The van der Waals surface area contributed by atoms with Crippen LogP contribution in [0.4, 0.5) is 5.69 Å². The van der Waals surface area contributed by atoms with Crippen LogP contribution in [0.3, 0.4) is 0 Å². The van der Waals surface area contributed by atoms with Crippen LogP contribution >= 0.6 is 23.4 Å². The summed E-state index contributed by atoms with van der Waals surface area (Å²) in [6.45, 7) is 1.53. The quantitative estimate of drug-likeness (QED) is 0.826. The van der Waals surface area contributed by atoms with E-state index in [-0.39, 0.29) is 29.4 Å². The van der Waals surface area contributed by atoms with Crippen molar-refractivity contribution in [3.63, 3.8) is 0 Å². The predicted molar refractivity (Wildman–Crippen MR) is 90.7 cm³/mol. The molecule has 1 fully saturated rings. The minimum atomic E-state index is -3.06. The Bertz CT molecular complexity index is 731. The van der Waals surface area contributed by atoms with Crippen LogP contribution in [0.5, 0.6) is 0 Å². The third kappa shape index (κ3) is 3.16. The molecular formula is C14H15ClN2O3S2. The van der Waals surface area contributed by atoms with Crippen molar-refractivity contribution in [3.8, 4) is 0 Å². The lowest BCUT2D eigenvalue weighted by atomic mass is 10.1. The highest BCUT2D eigenvalue weighted by molar-refractivity contribution is 8.14. The SMILES string of the molecule is CC(=O)CSC1=N[C@H]2CS(=O)(=O)C[C@H]2N1c1ccc(Cl)cc1. The number of Topliss-reactive ketones (excluding diaryl/α,β-unsaturated/α-hetero) is 1. The van der Waals surface area contributed by atoms with Crippen LogP contribution in [0, 0.1) is 0 Å². The molecule has 0 bridgehead atoms. The molecule has 3 rings (SSSR count). The van der Waals surface area contributed by atoms with E-state index in [2.05, 4.69) is 4.99 Å². The standard InChI is InChI=1S/C14H15ClN2O3S2/c1-9(18)6-21-14-16-12-7-22(19,20)8-13(12)17(14)11-4-2-10(15)3-5-11/h2-5,12-13H,6-8H2,1H3/t12-,13+/m0/s1. The van der Waals surface area contributed by atoms with Gasteiger partial charge in [-0.25, -0.2) is 8.42 Å². The molecule has 8 heteroatoms. The van der Waals surface area contributed by atoms with Crippen molar-refractivity contribution in [2.75, 3.05) is 22.2 Å². The summed E-state index contributed by atoms with van der Waals surface area (Å²) >= 11 is 7.27. The Morgan fingerprint density at radius 1 is 1.36 bits per heavy atom. The molecule has 0 spiro atoms. The summed E-state index contributed by atoms with van der Waals surface area (Å²) in [7, 11) is -3.06. The third-order valence-corrected chi connectivity index (χ3v) is 6.68. The number of carbonyl (C=O) groups is 1. The number of fused-ring (bicyclic) bond motifs is 1. The Balaban J connectivity index is 1.93. The summed E-state index contributed by atoms with van der Waals surface area (Å²) in [4.78, 5) is 17.7. The van der Waals surface area contributed by atoms with Crippen LogP contribution in [0.25, 0.3) is 0 Å². The fourth-order valence-electron chi connectivity index (χ4n) is 2.70. The average Bonchev–Trinajstić information content (AvgIpc) is 2.89. The molecule has 1 saturated heterocycles.